The molecule has 2 aliphatic heterocycles. The van der Waals surface area contributed by atoms with Crippen LogP contribution in [0.1, 0.15) is 24.0 Å². The number of ether oxygens (including phenoxy) is 1. The van der Waals surface area contributed by atoms with Gasteiger partial charge in [-0.05, 0) is 52.4 Å². The number of carbonyl (C=O) groups is 3. The monoisotopic (exact) mass is 603 g/mol. The zero-order valence-corrected chi connectivity index (χ0v) is 25.4. The van der Waals surface area contributed by atoms with Crippen molar-refractivity contribution in [2.45, 2.75) is 38.0 Å². The van der Waals surface area contributed by atoms with E-state index >= 15 is 0 Å². The van der Waals surface area contributed by atoms with E-state index in [-0.39, 0.29) is 37.5 Å². The van der Waals surface area contributed by atoms with E-state index in [1.165, 1.54) is 5.01 Å². The SMILES string of the molecule is C#CCN(C(=O)NCC1=CCCC=C1)N1CC(=O)N2[C@@H](Cc3ccc(OC)cc3)C(=O)N(Cc3cccc4ccccc34)C[C@@H]21. The van der Waals surface area contributed by atoms with Gasteiger partial charge in [0.05, 0.1) is 26.7 Å². The molecule has 2 atom stereocenters. The number of methoxy groups -OCH3 is 1. The molecule has 0 aromatic heterocycles. The van der Waals surface area contributed by atoms with Crippen molar-refractivity contribution in [3.05, 3.63) is 102 Å². The number of hydrogen-bond donors (Lipinski definition) is 1. The molecule has 4 amide bonds. The number of urea groups is 1. The average Bonchev–Trinajstić information content (AvgIpc) is 3.40. The second-order valence-electron chi connectivity index (χ2n) is 11.5. The topological polar surface area (TPSA) is 85.4 Å². The molecule has 230 valence electrons. The number of carbonyl (C=O) groups excluding carboxylic acids is 3. The zero-order valence-electron chi connectivity index (χ0n) is 25.4. The predicted octanol–water partition coefficient (Wildman–Crippen LogP) is 4.11. The number of fused-ring (bicyclic) bond motifs is 2. The minimum atomic E-state index is -0.752. The van der Waals surface area contributed by atoms with Crippen molar-refractivity contribution in [2.24, 2.45) is 0 Å². The fourth-order valence-electron chi connectivity index (χ4n) is 6.44. The maximum Gasteiger partial charge on any atom is 0.333 e. The predicted molar refractivity (Wildman–Crippen MR) is 173 cm³/mol. The molecule has 9 heteroatoms. The van der Waals surface area contributed by atoms with Crippen LogP contribution in [0.2, 0.25) is 0 Å². The number of terminal acetylenes is 1. The zero-order chi connectivity index (χ0) is 31.3. The number of benzene rings is 3. The summed E-state index contributed by atoms with van der Waals surface area (Å²) in [5, 5.41) is 8.30. The van der Waals surface area contributed by atoms with Gasteiger partial charge >= 0.3 is 6.03 Å². The third-order valence-corrected chi connectivity index (χ3v) is 8.70. The Bertz CT molecular complexity index is 1690. The highest BCUT2D eigenvalue weighted by atomic mass is 16.5. The molecule has 3 aliphatic rings. The van der Waals surface area contributed by atoms with Crippen LogP contribution < -0.4 is 10.1 Å². The average molecular weight is 604 g/mol. The normalized spacial score (nSPS) is 19.7. The Morgan fingerprint density at radius 2 is 1.87 bits per heavy atom. The van der Waals surface area contributed by atoms with Gasteiger partial charge in [-0.1, -0.05) is 78.7 Å². The lowest BCUT2D eigenvalue weighted by atomic mass is 9.99. The Morgan fingerprint density at radius 1 is 1.07 bits per heavy atom. The Morgan fingerprint density at radius 3 is 2.62 bits per heavy atom. The van der Waals surface area contributed by atoms with Gasteiger partial charge in [-0.3, -0.25) is 9.59 Å². The minimum Gasteiger partial charge on any atom is -0.497 e. The Kier molecular flexibility index (Phi) is 8.85. The highest BCUT2D eigenvalue weighted by molar-refractivity contribution is 5.92. The first-order chi connectivity index (χ1) is 22.0. The number of allylic oxidation sites excluding steroid dienone is 2. The fraction of sp³-hybridized carbons (Fsp3) is 0.306. The van der Waals surface area contributed by atoms with Crippen molar-refractivity contribution in [1.29, 1.82) is 0 Å². The summed E-state index contributed by atoms with van der Waals surface area (Å²) in [6.07, 6.45) is 13.6. The highest BCUT2D eigenvalue weighted by Gasteiger charge is 2.52. The molecule has 0 unspecified atom stereocenters. The molecule has 0 saturated carbocycles. The van der Waals surface area contributed by atoms with Crippen molar-refractivity contribution in [2.75, 3.05) is 33.3 Å². The summed E-state index contributed by atoms with van der Waals surface area (Å²) in [5.41, 5.74) is 2.94. The molecule has 0 radical (unpaired) electrons. The molecule has 3 aromatic rings. The molecule has 2 fully saturated rings. The smallest absolute Gasteiger partial charge is 0.333 e. The summed E-state index contributed by atoms with van der Waals surface area (Å²) in [6, 6.07) is 20.6. The third-order valence-electron chi connectivity index (χ3n) is 8.70. The number of piperazine rings is 1. The number of nitrogens with zero attached hydrogens (tertiary/aromatic N) is 4. The minimum absolute atomic E-state index is 0.0151. The number of nitrogens with one attached hydrogen (secondary N) is 1. The van der Waals surface area contributed by atoms with Gasteiger partial charge in [0, 0.05) is 19.5 Å². The van der Waals surface area contributed by atoms with Crippen LogP contribution >= 0.6 is 0 Å². The Labute approximate surface area is 263 Å². The molecule has 0 spiro atoms. The summed E-state index contributed by atoms with van der Waals surface area (Å²) in [4.78, 5) is 45.0. The lowest BCUT2D eigenvalue weighted by Gasteiger charge is -2.46. The van der Waals surface area contributed by atoms with E-state index in [1.54, 1.807) is 17.0 Å². The molecular formula is C36H37N5O4. The first-order valence-electron chi connectivity index (χ1n) is 15.3. The first-order valence-corrected chi connectivity index (χ1v) is 15.3. The Hall–Kier alpha value is -5.07. The molecule has 45 heavy (non-hydrogen) atoms. The van der Waals surface area contributed by atoms with Crippen LogP contribution in [-0.4, -0.2) is 83.2 Å². The van der Waals surface area contributed by atoms with E-state index in [1.807, 2.05) is 59.5 Å². The van der Waals surface area contributed by atoms with Gasteiger partial charge in [-0.25, -0.2) is 9.80 Å². The molecule has 3 aromatic carbocycles. The van der Waals surface area contributed by atoms with E-state index in [0.717, 1.165) is 40.3 Å². The van der Waals surface area contributed by atoms with Crippen LogP contribution in [0.4, 0.5) is 4.79 Å². The van der Waals surface area contributed by atoms with Crippen molar-refractivity contribution in [3.8, 4) is 18.1 Å². The standard InChI is InChI=1S/C36H37N5O4/c1-3-20-39(36(44)37-22-27-10-5-4-6-11-27)40-25-34(42)41-32(21-26-16-18-30(45-2)19-17-26)35(43)38(24-33(40)41)23-29-14-9-13-28-12-7-8-15-31(28)29/h1,5,7-19,32-33H,4,6,20-25H2,2H3,(H,37,44)/t32-,33+/m0/s1. The molecule has 6 rings (SSSR count). The molecule has 9 nitrogen and oxygen atoms in total. The quantitative estimate of drug-likeness (QED) is 0.373. The number of rotatable bonds is 9. The second-order valence-corrected chi connectivity index (χ2v) is 11.5. The largest absolute Gasteiger partial charge is 0.497 e. The lowest BCUT2D eigenvalue weighted by molar-refractivity contribution is -0.157. The molecule has 2 saturated heterocycles. The molecular weight excluding hydrogens is 566 g/mol. The van der Waals surface area contributed by atoms with Crippen molar-refractivity contribution in [3.63, 3.8) is 0 Å². The van der Waals surface area contributed by atoms with E-state index in [4.69, 9.17) is 11.2 Å². The molecule has 2 heterocycles. The van der Waals surface area contributed by atoms with E-state index < -0.39 is 12.2 Å². The second kappa shape index (κ2) is 13.3. The van der Waals surface area contributed by atoms with Crippen LogP contribution in [0, 0.1) is 12.3 Å². The number of amides is 4. The molecule has 1 N–H and O–H groups in total. The Balaban J connectivity index is 1.31. The van der Waals surface area contributed by atoms with Gasteiger partial charge in [0.15, 0.2) is 0 Å². The van der Waals surface area contributed by atoms with Gasteiger partial charge in [-0.15, -0.1) is 6.42 Å². The van der Waals surface area contributed by atoms with E-state index in [2.05, 4.69) is 41.6 Å². The fourth-order valence-corrected chi connectivity index (χ4v) is 6.44. The van der Waals surface area contributed by atoms with Crippen LogP contribution in [0.25, 0.3) is 10.8 Å². The third kappa shape index (κ3) is 6.28. The maximum atomic E-state index is 14.2. The first kappa shape index (κ1) is 30.0. The van der Waals surface area contributed by atoms with Crippen LogP contribution in [0.15, 0.2) is 90.5 Å². The summed E-state index contributed by atoms with van der Waals surface area (Å²) >= 11 is 0. The van der Waals surface area contributed by atoms with Gasteiger partial charge in [0.2, 0.25) is 11.8 Å². The number of hydrogen-bond acceptors (Lipinski definition) is 5. The van der Waals surface area contributed by atoms with Gasteiger partial charge < -0.3 is 19.9 Å². The van der Waals surface area contributed by atoms with Gasteiger partial charge in [-0.2, -0.15) is 5.01 Å². The number of hydrazine groups is 1. The van der Waals surface area contributed by atoms with Gasteiger partial charge in [0.1, 0.15) is 18.0 Å². The molecule has 1 aliphatic carbocycles. The molecule has 0 bridgehead atoms. The van der Waals surface area contributed by atoms with Crippen LogP contribution in [-0.2, 0) is 22.6 Å². The summed E-state index contributed by atoms with van der Waals surface area (Å²) in [7, 11) is 1.60. The van der Waals surface area contributed by atoms with Crippen LogP contribution in [0.3, 0.4) is 0 Å². The van der Waals surface area contributed by atoms with E-state index in [0.29, 0.717) is 25.3 Å². The summed E-state index contributed by atoms with van der Waals surface area (Å²) < 4.78 is 5.32. The van der Waals surface area contributed by atoms with Crippen molar-refractivity contribution < 1.29 is 19.1 Å². The van der Waals surface area contributed by atoms with Gasteiger partial charge in [0.25, 0.3) is 0 Å². The van der Waals surface area contributed by atoms with Crippen molar-refractivity contribution in [1.82, 2.24) is 25.1 Å². The lowest BCUT2D eigenvalue weighted by Crippen LogP contribution is -2.66. The van der Waals surface area contributed by atoms with Crippen LogP contribution in [0.5, 0.6) is 5.75 Å². The summed E-state index contributed by atoms with van der Waals surface area (Å²) in [6.45, 7) is 0.886. The summed E-state index contributed by atoms with van der Waals surface area (Å²) in [5.74, 6) is 2.95. The maximum absolute atomic E-state index is 14.2. The van der Waals surface area contributed by atoms with Crippen molar-refractivity contribution >= 4 is 28.6 Å². The highest BCUT2D eigenvalue weighted by Crippen LogP contribution is 2.31. The van der Waals surface area contributed by atoms with E-state index in [9.17, 15) is 14.4 Å².